The molecule has 2 saturated heterocycles. The highest BCUT2D eigenvalue weighted by molar-refractivity contribution is 7.88. The number of hydrogen-bond acceptors (Lipinski definition) is 8. The fraction of sp³-hybridized carbons (Fsp3) is 0.368. The molecule has 1 aromatic heterocycles. The zero-order valence-electron chi connectivity index (χ0n) is 16.6. The molecule has 2 aliphatic rings. The van der Waals surface area contributed by atoms with E-state index in [1.54, 1.807) is 29.2 Å². The van der Waals surface area contributed by atoms with E-state index in [-0.39, 0.29) is 50.0 Å². The van der Waals surface area contributed by atoms with Gasteiger partial charge in [-0.1, -0.05) is 10.5 Å². The van der Waals surface area contributed by atoms with Crippen LogP contribution >= 0.6 is 0 Å². The predicted octanol–water partition coefficient (Wildman–Crippen LogP) is 0.947. The highest BCUT2D eigenvalue weighted by atomic mass is 32.2. The van der Waals surface area contributed by atoms with E-state index in [0.29, 0.717) is 5.69 Å². The van der Waals surface area contributed by atoms with Crippen LogP contribution in [0.5, 0.6) is 0 Å². The van der Waals surface area contributed by atoms with Gasteiger partial charge in [0.2, 0.25) is 0 Å². The second kappa shape index (κ2) is 8.75. The van der Waals surface area contributed by atoms with E-state index < -0.39 is 28.0 Å². The Hall–Kier alpha value is -2.80. The molecule has 0 radical (unpaired) electrons. The minimum Gasteiger partial charge on any atom is -0.443 e. The molecule has 0 bridgehead atoms. The summed E-state index contributed by atoms with van der Waals surface area (Å²) in [5, 5.41) is -0.118. The highest BCUT2D eigenvalue weighted by Gasteiger charge is 2.33. The Morgan fingerprint density at radius 3 is 2.71 bits per heavy atom. The Balaban J connectivity index is 1.48. The number of hydroxylamine groups is 1. The van der Waals surface area contributed by atoms with E-state index in [9.17, 15) is 17.6 Å². The van der Waals surface area contributed by atoms with Crippen molar-refractivity contribution < 1.29 is 27.2 Å². The number of rotatable bonds is 5. The first-order valence-corrected chi connectivity index (χ1v) is 11.1. The number of carbonyl (C=O) groups is 1. The highest BCUT2D eigenvalue weighted by Crippen LogP contribution is 2.28. The maximum absolute atomic E-state index is 14.9. The van der Waals surface area contributed by atoms with E-state index in [1.165, 1.54) is 23.2 Å². The summed E-state index contributed by atoms with van der Waals surface area (Å²) in [6.45, 7) is 0.982. The Bertz CT molecular complexity index is 1050. The minimum atomic E-state index is -3.92. The standard InChI is InChI=1S/C19H22FN5O5S/c20-16-11-14(24-13-15(12-21)30-19(24)26)4-5-17(16)23-7-8-25(29-10-9-23)31(27,28)18-3-1-2-6-22-18/h1-6,11,15H,7-10,12-13,21H2/t15-/m0/s1. The molecular formula is C19H22FN5O5S. The van der Waals surface area contributed by atoms with Gasteiger partial charge in [-0.25, -0.2) is 22.6 Å². The van der Waals surface area contributed by atoms with Gasteiger partial charge in [0.25, 0.3) is 10.0 Å². The van der Waals surface area contributed by atoms with Crippen LogP contribution in [0.3, 0.4) is 0 Å². The number of pyridine rings is 1. The molecule has 10 nitrogen and oxygen atoms in total. The number of aromatic nitrogens is 1. The summed E-state index contributed by atoms with van der Waals surface area (Å²) in [5.74, 6) is -0.539. The summed E-state index contributed by atoms with van der Waals surface area (Å²) in [5.41, 5.74) is 6.19. The van der Waals surface area contributed by atoms with Crippen molar-refractivity contribution in [2.24, 2.45) is 5.73 Å². The number of nitrogens with zero attached hydrogens (tertiary/aromatic N) is 4. The molecular weight excluding hydrogens is 429 g/mol. The largest absolute Gasteiger partial charge is 0.443 e. The summed E-state index contributed by atoms with van der Waals surface area (Å²) in [7, 11) is -3.92. The Kier molecular flexibility index (Phi) is 6.05. The SMILES string of the molecule is NC[C@H]1CN(c2ccc(N3CCON(S(=O)(=O)c4ccccn4)CC3)c(F)c2)C(=O)O1. The van der Waals surface area contributed by atoms with Crippen molar-refractivity contribution in [2.75, 3.05) is 49.1 Å². The van der Waals surface area contributed by atoms with Crippen molar-refractivity contribution in [2.45, 2.75) is 11.1 Å². The van der Waals surface area contributed by atoms with Gasteiger partial charge < -0.3 is 15.4 Å². The van der Waals surface area contributed by atoms with Gasteiger partial charge in [0.05, 0.1) is 31.1 Å². The second-order valence-electron chi connectivity index (χ2n) is 7.01. The first-order chi connectivity index (χ1) is 14.9. The summed E-state index contributed by atoms with van der Waals surface area (Å²) < 4.78 is 46.3. The maximum atomic E-state index is 14.9. The number of ether oxygens (including phenoxy) is 1. The molecule has 2 aliphatic heterocycles. The topological polar surface area (TPSA) is 118 Å². The van der Waals surface area contributed by atoms with E-state index in [4.69, 9.17) is 15.3 Å². The zero-order chi connectivity index (χ0) is 22.0. The lowest BCUT2D eigenvalue weighted by atomic mass is 10.2. The Morgan fingerprint density at radius 2 is 2.03 bits per heavy atom. The third-order valence-corrected chi connectivity index (χ3v) is 6.63. The van der Waals surface area contributed by atoms with Gasteiger partial charge in [0.1, 0.15) is 11.9 Å². The Labute approximate surface area is 179 Å². The van der Waals surface area contributed by atoms with Crippen molar-refractivity contribution in [3.05, 3.63) is 48.4 Å². The van der Waals surface area contributed by atoms with E-state index in [0.717, 1.165) is 4.47 Å². The van der Waals surface area contributed by atoms with Crippen molar-refractivity contribution in [1.29, 1.82) is 0 Å². The number of amides is 1. The molecule has 31 heavy (non-hydrogen) atoms. The number of hydrogen-bond donors (Lipinski definition) is 1. The second-order valence-corrected chi connectivity index (χ2v) is 8.78. The van der Waals surface area contributed by atoms with E-state index >= 15 is 0 Å². The van der Waals surface area contributed by atoms with Crippen LogP contribution in [0.4, 0.5) is 20.6 Å². The quantitative estimate of drug-likeness (QED) is 0.714. The number of anilines is 2. The molecule has 1 atom stereocenters. The van der Waals surface area contributed by atoms with E-state index in [1.807, 2.05) is 0 Å². The van der Waals surface area contributed by atoms with Gasteiger partial charge in [0.15, 0.2) is 5.03 Å². The molecule has 0 unspecified atom stereocenters. The van der Waals surface area contributed by atoms with Crippen LogP contribution < -0.4 is 15.5 Å². The molecule has 12 heteroatoms. The van der Waals surface area contributed by atoms with E-state index in [2.05, 4.69) is 4.98 Å². The fourth-order valence-corrected chi connectivity index (χ4v) is 4.63. The van der Waals surface area contributed by atoms with Crippen LogP contribution in [-0.2, 0) is 19.6 Å². The third-order valence-electron chi connectivity index (χ3n) is 5.04. The first kappa shape index (κ1) is 21.4. The summed E-state index contributed by atoms with van der Waals surface area (Å²) in [6.07, 6.45) is 0.394. The first-order valence-electron chi connectivity index (χ1n) is 9.69. The van der Waals surface area contributed by atoms with Crippen LogP contribution in [-0.4, -0.2) is 69.4 Å². The number of halogens is 1. The molecule has 1 amide bonds. The molecule has 0 saturated carbocycles. The van der Waals surface area contributed by atoms with Crippen molar-refractivity contribution in [3.8, 4) is 0 Å². The Morgan fingerprint density at radius 1 is 1.19 bits per heavy atom. The molecule has 2 fully saturated rings. The molecule has 3 heterocycles. The van der Waals surface area contributed by atoms with Crippen molar-refractivity contribution >= 4 is 27.5 Å². The molecule has 166 valence electrons. The van der Waals surface area contributed by atoms with Crippen LogP contribution in [0.2, 0.25) is 0 Å². The fourth-order valence-electron chi connectivity index (χ4n) is 3.44. The van der Waals surface area contributed by atoms with Gasteiger partial charge in [-0.2, -0.15) is 0 Å². The average molecular weight is 451 g/mol. The third kappa shape index (κ3) is 4.32. The van der Waals surface area contributed by atoms with Crippen molar-refractivity contribution in [1.82, 2.24) is 9.45 Å². The number of nitrogens with two attached hydrogens (primary N) is 1. The molecule has 4 rings (SSSR count). The van der Waals surface area contributed by atoms with Crippen LogP contribution in [0.15, 0.2) is 47.6 Å². The van der Waals surface area contributed by atoms with Crippen LogP contribution in [0, 0.1) is 5.82 Å². The molecule has 2 aromatic rings. The number of sulfonamides is 1. The summed E-state index contributed by atoms with van der Waals surface area (Å²) >= 11 is 0. The smallest absolute Gasteiger partial charge is 0.414 e. The van der Waals surface area contributed by atoms with Gasteiger partial charge in [-0.3, -0.25) is 9.74 Å². The van der Waals surface area contributed by atoms with Gasteiger partial charge in [-0.15, -0.1) is 0 Å². The summed E-state index contributed by atoms with van der Waals surface area (Å²) in [6, 6.07) is 9.01. The van der Waals surface area contributed by atoms with Crippen LogP contribution in [0.25, 0.3) is 0 Å². The molecule has 0 aliphatic carbocycles. The molecule has 0 spiro atoms. The lowest BCUT2D eigenvalue weighted by molar-refractivity contribution is -0.0702. The van der Waals surface area contributed by atoms with Crippen LogP contribution in [0.1, 0.15) is 0 Å². The van der Waals surface area contributed by atoms with Gasteiger partial charge in [0, 0.05) is 25.8 Å². The maximum Gasteiger partial charge on any atom is 0.414 e. The number of cyclic esters (lactones) is 1. The minimum absolute atomic E-state index is 0.00324. The zero-order valence-corrected chi connectivity index (χ0v) is 17.4. The normalized spacial score (nSPS) is 20.6. The number of benzene rings is 1. The van der Waals surface area contributed by atoms with Gasteiger partial charge in [-0.05, 0) is 30.3 Å². The van der Waals surface area contributed by atoms with Crippen molar-refractivity contribution in [3.63, 3.8) is 0 Å². The van der Waals surface area contributed by atoms with Gasteiger partial charge >= 0.3 is 6.09 Å². The molecule has 1 aromatic carbocycles. The lowest BCUT2D eigenvalue weighted by Gasteiger charge is -2.23. The molecule has 2 N–H and O–H groups in total. The monoisotopic (exact) mass is 451 g/mol. The summed E-state index contributed by atoms with van der Waals surface area (Å²) in [4.78, 5) is 24.3. The number of carbonyl (C=O) groups excluding carboxylic acids is 1. The lowest BCUT2D eigenvalue weighted by Crippen LogP contribution is -2.35. The predicted molar refractivity (Wildman–Crippen MR) is 109 cm³/mol. The average Bonchev–Trinajstić information content (AvgIpc) is 2.98.